The number of aliphatic hydroxyl groups excluding tert-OH is 1. The van der Waals surface area contributed by atoms with Crippen molar-refractivity contribution in [2.45, 2.75) is 25.1 Å². The summed E-state index contributed by atoms with van der Waals surface area (Å²) in [6, 6.07) is 0. The number of hydrogen-bond donors (Lipinski definition) is 3. The van der Waals surface area contributed by atoms with Crippen molar-refractivity contribution >= 4 is 5.91 Å². The van der Waals surface area contributed by atoms with Gasteiger partial charge in [-0.15, -0.1) is 0 Å². The Morgan fingerprint density at radius 1 is 1.44 bits per heavy atom. The average Bonchev–Trinajstić information content (AvgIpc) is 2.95. The Morgan fingerprint density at radius 3 is 2.56 bits per heavy atom. The molecule has 1 rings (SSSR count). The molecule has 1 fully saturated rings. The van der Waals surface area contributed by atoms with Crippen molar-refractivity contribution in [3.05, 3.63) is 0 Å². The molecule has 4 nitrogen and oxygen atoms in total. The Labute approximate surface area is 91.2 Å². The Morgan fingerprint density at radius 2 is 2.06 bits per heavy atom. The molecule has 1 saturated carbocycles. The van der Waals surface area contributed by atoms with Gasteiger partial charge < -0.3 is 15.7 Å². The molecule has 7 heteroatoms. The Hall–Kier alpha value is -0.820. The molecule has 0 aromatic rings. The van der Waals surface area contributed by atoms with Crippen molar-refractivity contribution in [2.24, 2.45) is 5.92 Å². The van der Waals surface area contributed by atoms with E-state index in [1.165, 1.54) is 0 Å². The second kappa shape index (κ2) is 5.49. The van der Waals surface area contributed by atoms with Crippen LogP contribution in [0.4, 0.5) is 13.2 Å². The van der Waals surface area contributed by atoms with E-state index in [0.29, 0.717) is 0 Å². The first-order chi connectivity index (χ1) is 7.38. The van der Waals surface area contributed by atoms with Gasteiger partial charge in [0.25, 0.3) is 0 Å². The molecular formula is C9H15F3N2O2. The number of amides is 1. The summed E-state index contributed by atoms with van der Waals surface area (Å²) in [5.41, 5.74) is 0. The molecule has 1 atom stereocenters. The molecule has 0 heterocycles. The minimum atomic E-state index is -4.31. The molecule has 0 saturated heterocycles. The van der Waals surface area contributed by atoms with E-state index in [9.17, 15) is 23.1 Å². The topological polar surface area (TPSA) is 61.4 Å². The van der Waals surface area contributed by atoms with E-state index in [1.807, 2.05) is 5.32 Å². The minimum absolute atomic E-state index is 0.108. The normalized spacial score (nSPS) is 18.2. The lowest BCUT2D eigenvalue weighted by Gasteiger charge is -2.11. The van der Waals surface area contributed by atoms with Crippen molar-refractivity contribution in [3.8, 4) is 0 Å². The Bertz CT molecular complexity index is 241. The van der Waals surface area contributed by atoms with Crippen LogP contribution in [-0.4, -0.2) is 42.9 Å². The molecule has 0 aromatic heterocycles. The average molecular weight is 240 g/mol. The monoisotopic (exact) mass is 240 g/mol. The van der Waals surface area contributed by atoms with E-state index in [4.69, 9.17) is 0 Å². The van der Waals surface area contributed by atoms with E-state index in [2.05, 4.69) is 5.32 Å². The van der Waals surface area contributed by atoms with Crippen molar-refractivity contribution < 1.29 is 23.1 Å². The van der Waals surface area contributed by atoms with Crippen LogP contribution in [0, 0.1) is 5.92 Å². The molecule has 0 aliphatic heterocycles. The number of hydrogen-bond acceptors (Lipinski definition) is 3. The first-order valence-corrected chi connectivity index (χ1v) is 5.11. The summed E-state index contributed by atoms with van der Waals surface area (Å²) in [6.45, 7) is -1.47. The van der Waals surface area contributed by atoms with Gasteiger partial charge in [0.15, 0.2) is 0 Å². The Kier molecular flexibility index (Phi) is 4.55. The van der Waals surface area contributed by atoms with Gasteiger partial charge in [-0.2, -0.15) is 13.2 Å². The molecule has 1 aliphatic carbocycles. The van der Waals surface area contributed by atoms with Gasteiger partial charge in [-0.25, -0.2) is 0 Å². The molecule has 0 spiro atoms. The third-order valence-corrected chi connectivity index (χ3v) is 2.29. The van der Waals surface area contributed by atoms with Crippen LogP contribution in [0.15, 0.2) is 0 Å². The van der Waals surface area contributed by atoms with Crippen LogP contribution < -0.4 is 10.6 Å². The fourth-order valence-corrected chi connectivity index (χ4v) is 1.25. The van der Waals surface area contributed by atoms with Crippen LogP contribution in [0.1, 0.15) is 12.8 Å². The van der Waals surface area contributed by atoms with Gasteiger partial charge in [-0.1, -0.05) is 0 Å². The highest BCUT2D eigenvalue weighted by molar-refractivity contribution is 5.77. The standard InChI is InChI=1S/C9H15F3N2O2/c10-9(11,12)5-13-4-8(16)14-3-7(15)6-1-2-6/h6-7,13,15H,1-5H2,(H,14,16). The number of nitrogens with one attached hydrogen (secondary N) is 2. The first kappa shape index (κ1) is 13.2. The number of carbonyl (C=O) groups excluding carboxylic acids is 1. The SMILES string of the molecule is O=C(CNCC(F)(F)F)NCC(O)C1CC1. The van der Waals surface area contributed by atoms with Gasteiger partial charge in [0.2, 0.25) is 5.91 Å². The number of carbonyl (C=O) groups is 1. The van der Waals surface area contributed by atoms with E-state index < -0.39 is 31.3 Å². The number of alkyl halides is 3. The van der Waals surface area contributed by atoms with Crippen molar-refractivity contribution in [1.29, 1.82) is 0 Å². The lowest BCUT2D eigenvalue weighted by atomic mass is 10.2. The second-order valence-electron chi connectivity index (χ2n) is 3.93. The maximum absolute atomic E-state index is 11.7. The van der Waals surface area contributed by atoms with Crippen LogP contribution in [0.5, 0.6) is 0 Å². The maximum atomic E-state index is 11.7. The maximum Gasteiger partial charge on any atom is 0.401 e. The summed E-state index contributed by atoms with van der Waals surface area (Å²) in [4.78, 5) is 11.0. The predicted molar refractivity (Wildman–Crippen MR) is 50.7 cm³/mol. The lowest BCUT2D eigenvalue weighted by Crippen LogP contribution is -2.41. The summed E-state index contributed by atoms with van der Waals surface area (Å²) in [5.74, 6) is -0.299. The summed E-state index contributed by atoms with van der Waals surface area (Å²) < 4.78 is 35.1. The van der Waals surface area contributed by atoms with E-state index in [1.54, 1.807) is 0 Å². The fraction of sp³-hybridized carbons (Fsp3) is 0.889. The minimum Gasteiger partial charge on any atom is -0.391 e. The highest BCUT2D eigenvalue weighted by atomic mass is 19.4. The van der Waals surface area contributed by atoms with Crippen LogP contribution in [0.25, 0.3) is 0 Å². The summed E-state index contributed by atoms with van der Waals surface area (Å²) in [5, 5.41) is 13.7. The van der Waals surface area contributed by atoms with Crippen LogP contribution >= 0.6 is 0 Å². The van der Waals surface area contributed by atoms with E-state index >= 15 is 0 Å². The zero-order valence-corrected chi connectivity index (χ0v) is 8.68. The number of rotatable bonds is 6. The highest BCUT2D eigenvalue weighted by Crippen LogP contribution is 2.32. The van der Waals surface area contributed by atoms with Crippen molar-refractivity contribution in [3.63, 3.8) is 0 Å². The molecule has 1 unspecified atom stereocenters. The fourth-order valence-electron chi connectivity index (χ4n) is 1.25. The molecule has 0 aromatic carbocycles. The third kappa shape index (κ3) is 5.92. The first-order valence-electron chi connectivity index (χ1n) is 5.11. The molecule has 1 amide bonds. The molecule has 16 heavy (non-hydrogen) atoms. The molecular weight excluding hydrogens is 225 g/mol. The molecule has 3 N–H and O–H groups in total. The number of halogens is 3. The number of aliphatic hydroxyl groups is 1. The van der Waals surface area contributed by atoms with Gasteiger partial charge >= 0.3 is 6.18 Å². The van der Waals surface area contributed by atoms with Crippen LogP contribution in [0.2, 0.25) is 0 Å². The molecule has 1 aliphatic rings. The zero-order valence-electron chi connectivity index (χ0n) is 8.68. The highest BCUT2D eigenvalue weighted by Gasteiger charge is 2.30. The quantitative estimate of drug-likeness (QED) is 0.613. The molecule has 0 bridgehead atoms. The van der Waals surface area contributed by atoms with E-state index in [0.717, 1.165) is 12.8 Å². The third-order valence-electron chi connectivity index (χ3n) is 2.29. The van der Waals surface area contributed by atoms with Gasteiger partial charge in [0, 0.05) is 6.54 Å². The summed E-state index contributed by atoms with van der Waals surface area (Å²) in [6.07, 6.45) is -2.99. The zero-order chi connectivity index (χ0) is 12.2. The summed E-state index contributed by atoms with van der Waals surface area (Å²) >= 11 is 0. The van der Waals surface area contributed by atoms with Crippen LogP contribution in [-0.2, 0) is 4.79 Å². The van der Waals surface area contributed by atoms with Gasteiger partial charge in [0.1, 0.15) is 0 Å². The smallest absolute Gasteiger partial charge is 0.391 e. The van der Waals surface area contributed by atoms with Gasteiger partial charge in [0.05, 0.1) is 19.2 Å². The molecule has 0 radical (unpaired) electrons. The predicted octanol–water partition coefficient (Wildman–Crippen LogP) is 0.0254. The van der Waals surface area contributed by atoms with Crippen molar-refractivity contribution in [1.82, 2.24) is 10.6 Å². The van der Waals surface area contributed by atoms with Crippen molar-refractivity contribution in [2.75, 3.05) is 19.6 Å². The largest absolute Gasteiger partial charge is 0.401 e. The van der Waals surface area contributed by atoms with Crippen LogP contribution in [0.3, 0.4) is 0 Å². The van der Waals surface area contributed by atoms with Gasteiger partial charge in [-0.05, 0) is 18.8 Å². The Balaban J connectivity index is 2.02. The van der Waals surface area contributed by atoms with E-state index in [-0.39, 0.29) is 12.5 Å². The summed E-state index contributed by atoms with van der Waals surface area (Å²) in [7, 11) is 0. The van der Waals surface area contributed by atoms with Gasteiger partial charge in [-0.3, -0.25) is 4.79 Å². The second-order valence-corrected chi connectivity index (χ2v) is 3.93. The molecule has 94 valence electrons. The lowest BCUT2D eigenvalue weighted by molar-refractivity contribution is -0.128.